The molecule has 24 heavy (non-hydrogen) atoms. The Kier molecular flexibility index (Phi) is 3.96. The molecule has 3 rings (SSSR count). The van der Waals surface area contributed by atoms with E-state index in [-0.39, 0.29) is 5.65 Å². The van der Waals surface area contributed by atoms with Crippen LogP contribution < -0.4 is 10.4 Å². The lowest BCUT2D eigenvalue weighted by Gasteiger charge is -2.08. The summed E-state index contributed by atoms with van der Waals surface area (Å²) in [7, 11) is 0. The van der Waals surface area contributed by atoms with Crippen molar-refractivity contribution in [3.8, 4) is 17.1 Å². The standard InChI is InChI=1S/C14H10ClF3N4O2/c1-7-10(8-2-4-9(15)5-3-8)11-19-12(24-6-14(16,17)18)20-13(23)22(11)21-7/h2-5H,6H2,1H3,(H,19,20,23). The molecule has 0 saturated heterocycles. The van der Waals surface area contributed by atoms with Crippen molar-refractivity contribution in [2.24, 2.45) is 0 Å². The van der Waals surface area contributed by atoms with Crippen molar-refractivity contribution in [2.75, 3.05) is 6.61 Å². The summed E-state index contributed by atoms with van der Waals surface area (Å²) >= 11 is 5.85. The molecule has 0 bridgehead atoms. The van der Waals surface area contributed by atoms with Crippen LogP contribution >= 0.6 is 11.6 Å². The molecule has 0 amide bonds. The second-order valence-electron chi connectivity index (χ2n) is 4.95. The number of nitrogens with one attached hydrogen (secondary N) is 1. The third-order valence-corrected chi connectivity index (χ3v) is 3.41. The van der Waals surface area contributed by atoms with E-state index < -0.39 is 24.5 Å². The highest BCUT2D eigenvalue weighted by Crippen LogP contribution is 2.28. The average molecular weight is 359 g/mol. The van der Waals surface area contributed by atoms with Crippen molar-refractivity contribution in [1.29, 1.82) is 0 Å². The Morgan fingerprint density at radius 3 is 2.58 bits per heavy atom. The fourth-order valence-electron chi connectivity index (χ4n) is 2.20. The van der Waals surface area contributed by atoms with Gasteiger partial charge in [-0.05, 0) is 24.6 Å². The predicted octanol–water partition coefficient (Wildman–Crippen LogP) is 2.99. The zero-order valence-electron chi connectivity index (χ0n) is 12.2. The first-order chi connectivity index (χ1) is 11.2. The highest BCUT2D eigenvalue weighted by molar-refractivity contribution is 6.30. The van der Waals surface area contributed by atoms with Crippen LogP contribution in [0.3, 0.4) is 0 Å². The number of halogens is 4. The van der Waals surface area contributed by atoms with Gasteiger partial charge in [-0.3, -0.25) is 4.98 Å². The molecule has 0 spiro atoms. The van der Waals surface area contributed by atoms with Crippen LogP contribution in [0, 0.1) is 6.92 Å². The average Bonchev–Trinajstić information content (AvgIpc) is 2.82. The van der Waals surface area contributed by atoms with Crippen LogP contribution in [-0.2, 0) is 0 Å². The number of alkyl halides is 3. The molecule has 0 aliphatic heterocycles. The zero-order chi connectivity index (χ0) is 17.5. The molecule has 6 nitrogen and oxygen atoms in total. The van der Waals surface area contributed by atoms with Crippen molar-refractivity contribution in [2.45, 2.75) is 13.1 Å². The normalized spacial score (nSPS) is 11.9. The molecule has 1 aromatic carbocycles. The summed E-state index contributed by atoms with van der Waals surface area (Å²) in [6.07, 6.45) is -4.54. The van der Waals surface area contributed by atoms with Gasteiger partial charge in [-0.25, -0.2) is 4.79 Å². The number of aryl methyl sites for hydroxylation is 1. The maximum atomic E-state index is 12.3. The van der Waals surface area contributed by atoms with Crippen LogP contribution in [0.5, 0.6) is 6.01 Å². The third-order valence-electron chi connectivity index (χ3n) is 3.16. The number of fused-ring (bicyclic) bond motifs is 1. The molecule has 2 heterocycles. The van der Waals surface area contributed by atoms with Gasteiger partial charge in [0.1, 0.15) is 0 Å². The van der Waals surface area contributed by atoms with Gasteiger partial charge in [0.2, 0.25) is 0 Å². The third kappa shape index (κ3) is 3.21. The van der Waals surface area contributed by atoms with Crippen molar-refractivity contribution < 1.29 is 17.9 Å². The molecule has 0 aliphatic carbocycles. The summed E-state index contributed by atoms with van der Waals surface area (Å²) in [4.78, 5) is 18.1. The van der Waals surface area contributed by atoms with Gasteiger partial charge in [0, 0.05) is 10.6 Å². The maximum absolute atomic E-state index is 12.3. The van der Waals surface area contributed by atoms with E-state index >= 15 is 0 Å². The summed E-state index contributed by atoms with van der Waals surface area (Å²) in [5.41, 5.74) is 1.01. The van der Waals surface area contributed by atoms with Gasteiger partial charge < -0.3 is 4.74 Å². The highest BCUT2D eigenvalue weighted by atomic mass is 35.5. The zero-order valence-corrected chi connectivity index (χ0v) is 12.9. The predicted molar refractivity (Wildman–Crippen MR) is 80.3 cm³/mol. The molecule has 0 atom stereocenters. The van der Waals surface area contributed by atoms with E-state index in [2.05, 4.69) is 19.8 Å². The van der Waals surface area contributed by atoms with Crippen LogP contribution in [-0.4, -0.2) is 32.4 Å². The largest absolute Gasteiger partial charge is 0.455 e. The van der Waals surface area contributed by atoms with Crippen LogP contribution in [0.2, 0.25) is 5.02 Å². The van der Waals surface area contributed by atoms with E-state index in [1.807, 2.05) is 0 Å². The first kappa shape index (κ1) is 16.3. The Hall–Kier alpha value is -2.55. The maximum Gasteiger partial charge on any atom is 0.422 e. The number of nitrogens with zero attached hydrogens (tertiary/aromatic N) is 3. The van der Waals surface area contributed by atoms with Crippen LogP contribution in [0.1, 0.15) is 5.69 Å². The van der Waals surface area contributed by atoms with E-state index in [0.717, 1.165) is 4.52 Å². The minimum Gasteiger partial charge on any atom is -0.455 e. The van der Waals surface area contributed by atoms with Crippen molar-refractivity contribution in [3.05, 3.63) is 45.5 Å². The first-order valence-electron chi connectivity index (χ1n) is 6.70. The second kappa shape index (κ2) is 5.82. The van der Waals surface area contributed by atoms with Crippen molar-refractivity contribution in [1.82, 2.24) is 19.6 Å². The smallest absolute Gasteiger partial charge is 0.422 e. The van der Waals surface area contributed by atoms with Gasteiger partial charge in [-0.15, -0.1) is 0 Å². The van der Waals surface area contributed by atoms with Crippen LogP contribution in [0.4, 0.5) is 13.2 Å². The number of benzene rings is 1. The SMILES string of the molecule is Cc1nn2c(=O)[nH]c(OCC(F)(F)F)nc2c1-c1ccc(Cl)cc1. The van der Waals surface area contributed by atoms with E-state index in [0.29, 0.717) is 21.8 Å². The van der Waals surface area contributed by atoms with Crippen LogP contribution in [0.25, 0.3) is 16.8 Å². The number of aromatic amines is 1. The number of aromatic nitrogens is 4. The second-order valence-corrected chi connectivity index (χ2v) is 5.39. The fraction of sp³-hybridized carbons (Fsp3) is 0.214. The van der Waals surface area contributed by atoms with Gasteiger partial charge in [0.05, 0.1) is 5.69 Å². The quantitative estimate of drug-likeness (QED) is 0.781. The van der Waals surface area contributed by atoms with Gasteiger partial charge in [0.15, 0.2) is 12.3 Å². The number of H-pyrrole nitrogens is 1. The Labute approximate surface area is 137 Å². The lowest BCUT2D eigenvalue weighted by molar-refractivity contribution is -0.154. The molecular formula is C14H10ClF3N4O2. The van der Waals surface area contributed by atoms with Gasteiger partial charge in [0.25, 0.3) is 6.01 Å². The fourth-order valence-corrected chi connectivity index (χ4v) is 2.33. The summed E-state index contributed by atoms with van der Waals surface area (Å²) in [6.45, 7) is 0.101. The molecule has 1 N–H and O–H groups in total. The first-order valence-corrected chi connectivity index (χ1v) is 7.07. The minimum absolute atomic E-state index is 0.0933. The van der Waals surface area contributed by atoms with E-state index in [9.17, 15) is 18.0 Å². The molecule has 3 aromatic rings. The highest BCUT2D eigenvalue weighted by Gasteiger charge is 2.29. The monoisotopic (exact) mass is 358 g/mol. The summed E-state index contributed by atoms with van der Waals surface area (Å²) in [5.74, 6) is 0. The number of hydrogen-bond acceptors (Lipinski definition) is 4. The van der Waals surface area contributed by atoms with E-state index in [1.54, 1.807) is 31.2 Å². The Morgan fingerprint density at radius 1 is 1.29 bits per heavy atom. The minimum atomic E-state index is -4.54. The Balaban J connectivity index is 2.12. The van der Waals surface area contributed by atoms with Gasteiger partial charge in [-0.2, -0.15) is 27.8 Å². The molecule has 10 heteroatoms. The van der Waals surface area contributed by atoms with Crippen LogP contribution in [0.15, 0.2) is 29.1 Å². The van der Waals surface area contributed by atoms with Crippen molar-refractivity contribution >= 4 is 17.2 Å². The van der Waals surface area contributed by atoms with E-state index in [1.165, 1.54) is 0 Å². The van der Waals surface area contributed by atoms with Gasteiger partial charge >= 0.3 is 11.9 Å². The number of ether oxygens (including phenoxy) is 1. The Bertz CT molecular complexity index is 948. The van der Waals surface area contributed by atoms with Gasteiger partial charge in [-0.1, -0.05) is 23.7 Å². The molecule has 2 aromatic heterocycles. The Morgan fingerprint density at radius 2 is 1.96 bits per heavy atom. The topological polar surface area (TPSA) is 72.3 Å². The number of hydrogen-bond donors (Lipinski definition) is 1. The molecule has 0 fully saturated rings. The van der Waals surface area contributed by atoms with E-state index in [4.69, 9.17) is 11.6 Å². The molecule has 0 radical (unpaired) electrons. The van der Waals surface area contributed by atoms with Crippen molar-refractivity contribution in [3.63, 3.8) is 0 Å². The molecule has 126 valence electrons. The summed E-state index contributed by atoms with van der Waals surface area (Å²) in [5, 5.41) is 4.58. The number of rotatable bonds is 3. The molecule has 0 aliphatic rings. The summed E-state index contributed by atoms with van der Waals surface area (Å²) in [6, 6.07) is 6.17. The molecule has 0 saturated carbocycles. The lowest BCUT2D eigenvalue weighted by atomic mass is 10.1. The lowest BCUT2D eigenvalue weighted by Crippen LogP contribution is -2.24. The molecule has 0 unspecified atom stereocenters. The summed E-state index contributed by atoms with van der Waals surface area (Å²) < 4.78 is 42.3. The molecular weight excluding hydrogens is 349 g/mol.